The van der Waals surface area contributed by atoms with Crippen LogP contribution in [-0.2, 0) is 10.6 Å². The summed E-state index contributed by atoms with van der Waals surface area (Å²) in [4.78, 5) is 6.27. The number of rotatable bonds is 2. The van der Waals surface area contributed by atoms with Gasteiger partial charge in [-0.15, -0.1) is 12.6 Å². The zero-order chi connectivity index (χ0) is 16.0. The van der Waals surface area contributed by atoms with Crippen molar-refractivity contribution >= 4 is 33.7 Å². The molecule has 0 fully saturated rings. The van der Waals surface area contributed by atoms with Gasteiger partial charge in [-0.05, 0) is 24.6 Å². The average Bonchev–Trinajstić information content (AvgIpc) is 2.34. The Labute approximate surface area is 124 Å². The largest absolute Gasteiger partial charge is 0.425 e. The lowest BCUT2D eigenvalue weighted by Crippen LogP contribution is -2.02. The van der Waals surface area contributed by atoms with Crippen LogP contribution < -0.4 is 5.32 Å². The summed E-state index contributed by atoms with van der Waals surface area (Å²) in [7, 11) is -3.11. The molecule has 6 nitrogen and oxygen atoms in total. The highest BCUT2D eigenvalue weighted by Gasteiger charge is 2.12. The smallest absolute Gasteiger partial charge is 0.339 e. The fourth-order valence-corrected chi connectivity index (χ4v) is 1.47. The molecule has 0 unspecified atom stereocenters. The van der Waals surface area contributed by atoms with Gasteiger partial charge in [-0.3, -0.25) is 0 Å². The Hall–Kier alpha value is -2.13. The minimum Gasteiger partial charge on any atom is -0.339 e. The lowest BCUT2D eigenvalue weighted by Gasteiger charge is -2.07. The zero-order valence-corrected chi connectivity index (χ0v) is 12.0. The molecule has 2 rings (SSSR count). The van der Waals surface area contributed by atoms with Crippen LogP contribution in [0.3, 0.4) is 0 Å². The molecule has 1 heterocycles. The third kappa shape index (κ3) is 5.79. The second-order valence-corrected chi connectivity index (χ2v) is 4.43. The molecule has 0 aliphatic carbocycles. The van der Waals surface area contributed by atoms with Crippen LogP contribution in [0, 0.1) is 18.9 Å². The molecule has 112 valence electrons. The number of nitrogens with zero attached hydrogens (tertiary/aromatic N) is 2. The van der Waals surface area contributed by atoms with Crippen LogP contribution >= 0.6 is 11.6 Å². The van der Waals surface area contributed by atoms with E-state index in [0.717, 1.165) is 5.56 Å². The highest BCUT2D eigenvalue weighted by atomic mass is 35.5. The number of hydrogen-bond donors (Lipinski definition) is 1. The van der Waals surface area contributed by atoms with E-state index in [1.807, 2.05) is 13.0 Å². The maximum atomic E-state index is 13.1. The molecule has 1 N–H and O–H groups in total. The highest BCUT2D eigenvalue weighted by molar-refractivity contribution is 7.59. The van der Waals surface area contributed by atoms with Crippen molar-refractivity contribution in [2.75, 3.05) is 5.32 Å². The monoisotopic (exact) mass is 335 g/mol. The van der Waals surface area contributed by atoms with Gasteiger partial charge in [-0.25, -0.2) is 0 Å². The van der Waals surface area contributed by atoms with Crippen LogP contribution in [0.25, 0.3) is 0 Å². The predicted molar refractivity (Wildman–Crippen MR) is 71.1 cm³/mol. The van der Waals surface area contributed by atoms with Crippen LogP contribution in [0.1, 0.15) is 5.56 Å². The fraction of sp³-hybridized carbons (Fsp3) is 0.0909. The number of aryl methyl sites for hydroxylation is 1. The van der Waals surface area contributed by atoms with Gasteiger partial charge >= 0.3 is 16.7 Å². The maximum Gasteiger partial charge on any atom is 0.425 e. The molecule has 0 atom stereocenters. The number of aromatic nitrogens is 2. The normalized spacial score (nSPS) is 9.52. The number of nitrogens with one attached hydrogen (secondary N) is 1. The number of benzene rings is 1. The molecule has 0 aliphatic heterocycles. The molecule has 1 aromatic heterocycles. The van der Waals surface area contributed by atoms with Gasteiger partial charge in [0, 0.05) is 5.69 Å². The summed E-state index contributed by atoms with van der Waals surface area (Å²) in [5.41, 5.74) is 1.64. The van der Waals surface area contributed by atoms with Crippen molar-refractivity contribution in [1.82, 2.24) is 9.97 Å². The molecular weight excluding hydrogens is 328 g/mol. The Morgan fingerprint density at radius 3 is 2.38 bits per heavy atom. The number of hydrogen-bond acceptors (Lipinski definition) is 6. The summed E-state index contributed by atoms with van der Waals surface area (Å²) in [5, 5.41) is 2.39. The van der Waals surface area contributed by atoms with Gasteiger partial charge in [-0.2, -0.15) is 18.7 Å². The van der Waals surface area contributed by atoms with E-state index in [-0.39, 0.29) is 10.8 Å². The van der Waals surface area contributed by atoms with E-state index in [2.05, 4.69) is 15.3 Å². The quantitative estimate of drug-likeness (QED) is 0.670. The van der Waals surface area contributed by atoms with Crippen molar-refractivity contribution in [2.45, 2.75) is 6.92 Å². The van der Waals surface area contributed by atoms with Gasteiger partial charge in [0.2, 0.25) is 5.95 Å². The highest BCUT2D eigenvalue weighted by Crippen LogP contribution is 2.25. The number of halogens is 3. The molecule has 1 aromatic carbocycles. The minimum atomic E-state index is -3.11. The Balaban J connectivity index is 0.000000491. The average molecular weight is 336 g/mol. The van der Waals surface area contributed by atoms with Gasteiger partial charge in [0.05, 0.1) is 0 Å². The summed E-state index contributed by atoms with van der Waals surface area (Å²) in [6.45, 7) is 1.90. The van der Waals surface area contributed by atoms with E-state index >= 15 is 0 Å². The summed E-state index contributed by atoms with van der Waals surface area (Å²) in [5.74, 6) is -1.18. The van der Waals surface area contributed by atoms with Gasteiger partial charge < -0.3 is 5.32 Å². The first-order valence-corrected chi connectivity index (χ1v) is 6.66. The molecule has 0 spiro atoms. The first-order chi connectivity index (χ1) is 9.79. The van der Waals surface area contributed by atoms with Gasteiger partial charge in [-0.1, -0.05) is 23.7 Å². The molecule has 0 aliphatic rings. The first kappa shape index (κ1) is 16.9. The molecule has 0 bridgehead atoms. The van der Waals surface area contributed by atoms with Crippen LogP contribution in [0.5, 0.6) is 0 Å². The van der Waals surface area contributed by atoms with Crippen molar-refractivity contribution in [3.05, 3.63) is 46.9 Å². The molecular formula is C11H8ClF2N3O3S. The van der Waals surface area contributed by atoms with Crippen molar-refractivity contribution in [3.8, 4) is 0 Å². The Morgan fingerprint density at radius 1 is 1.19 bits per heavy atom. The van der Waals surface area contributed by atoms with E-state index in [1.54, 1.807) is 18.2 Å². The molecule has 10 heteroatoms. The van der Waals surface area contributed by atoms with Crippen molar-refractivity contribution < 1.29 is 21.4 Å². The maximum absolute atomic E-state index is 13.1. The van der Waals surface area contributed by atoms with Gasteiger partial charge in [0.25, 0.3) is 0 Å². The van der Waals surface area contributed by atoms with Crippen molar-refractivity contribution in [1.29, 1.82) is 0 Å². The molecule has 2 aromatic rings. The van der Waals surface area contributed by atoms with Gasteiger partial charge in [0.1, 0.15) is 5.02 Å². The Morgan fingerprint density at radius 2 is 1.81 bits per heavy atom. The van der Waals surface area contributed by atoms with Crippen LogP contribution in [0.2, 0.25) is 5.02 Å². The van der Waals surface area contributed by atoms with Crippen LogP contribution in [0.4, 0.5) is 20.3 Å². The summed E-state index contributed by atoms with van der Waals surface area (Å²) in [6.07, 6.45) is -1.16. The molecule has 0 saturated carbocycles. The Kier molecular flexibility index (Phi) is 6.12. The van der Waals surface area contributed by atoms with E-state index in [9.17, 15) is 8.78 Å². The molecule has 0 saturated heterocycles. The van der Waals surface area contributed by atoms with E-state index in [1.165, 1.54) is 0 Å². The lowest BCUT2D eigenvalue weighted by atomic mass is 10.2. The molecule has 21 heavy (non-hydrogen) atoms. The Bertz CT molecular complexity index is 750. The summed E-state index contributed by atoms with van der Waals surface area (Å²) >= 11 is 5.63. The SMILES string of the molecule is Cc1cccc(Nc2nc(F)nc(F)c2Cl)c1.O=S(=O)=O. The topological polar surface area (TPSA) is 89.0 Å². The van der Waals surface area contributed by atoms with E-state index in [0.29, 0.717) is 5.69 Å². The summed E-state index contributed by atoms with van der Waals surface area (Å²) in [6, 6.07) is 7.24. The van der Waals surface area contributed by atoms with Crippen LogP contribution in [-0.4, -0.2) is 22.6 Å². The van der Waals surface area contributed by atoms with Crippen molar-refractivity contribution in [2.24, 2.45) is 0 Å². The third-order valence-electron chi connectivity index (χ3n) is 2.06. The first-order valence-electron chi connectivity index (χ1n) is 5.28. The van der Waals surface area contributed by atoms with Gasteiger partial charge in [0.15, 0.2) is 5.82 Å². The molecule has 0 amide bonds. The van der Waals surface area contributed by atoms with Crippen molar-refractivity contribution in [3.63, 3.8) is 0 Å². The van der Waals surface area contributed by atoms with Crippen LogP contribution in [0.15, 0.2) is 24.3 Å². The second kappa shape index (κ2) is 7.60. The minimum absolute atomic E-state index is 0.0951. The standard InChI is InChI=1S/C11H8ClF2N3.O3S/c1-6-3-2-4-7(5-6)15-10-8(12)9(13)16-11(14)17-10;1-4(2)3/h2-5H,1H3,(H,15,16,17);. The van der Waals surface area contributed by atoms with E-state index < -0.39 is 22.6 Å². The zero-order valence-electron chi connectivity index (χ0n) is 10.5. The lowest BCUT2D eigenvalue weighted by molar-refractivity contribution is 0.485. The molecule has 0 radical (unpaired) electrons. The van der Waals surface area contributed by atoms with E-state index in [4.69, 9.17) is 24.2 Å². The third-order valence-corrected chi connectivity index (χ3v) is 2.40. The fourth-order valence-electron chi connectivity index (χ4n) is 1.34. The second-order valence-electron chi connectivity index (χ2n) is 3.64. The summed E-state index contributed by atoms with van der Waals surface area (Å²) < 4.78 is 51.2. The predicted octanol–water partition coefficient (Wildman–Crippen LogP) is 2.46. The number of anilines is 2.